The van der Waals surface area contributed by atoms with Crippen LogP contribution in [0.2, 0.25) is 0 Å². The molecule has 0 amide bonds. The summed E-state index contributed by atoms with van der Waals surface area (Å²) in [6.45, 7) is 5.13. The Kier molecular flexibility index (Phi) is 6.04. The molecule has 2 aromatic heterocycles. The molecule has 4 nitrogen and oxygen atoms in total. The molecule has 0 radical (unpaired) electrons. The Morgan fingerprint density at radius 1 is 0.960 bits per heavy atom. The van der Waals surface area contributed by atoms with Gasteiger partial charge in [0.25, 0.3) is 0 Å². The van der Waals surface area contributed by atoms with Gasteiger partial charge in [-0.3, -0.25) is 4.98 Å². The molecule has 130 valence electrons. The normalized spacial score (nSPS) is 10.7. The Balaban J connectivity index is 1.92. The minimum absolute atomic E-state index is 0.593. The van der Waals surface area contributed by atoms with E-state index in [0.29, 0.717) is 13.2 Å². The summed E-state index contributed by atoms with van der Waals surface area (Å²) in [7, 11) is 0. The number of nitrogens with zero attached hydrogens (tertiary/aromatic N) is 2. The van der Waals surface area contributed by atoms with Crippen molar-refractivity contribution < 1.29 is 9.47 Å². The third-order valence-corrected chi connectivity index (χ3v) is 4.97. The zero-order chi connectivity index (χ0) is 17.6. The first-order valence-electron chi connectivity index (χ1n) is 8.13. The molecule has 6 heteroatoms. The molecule has 0 saturated carbocycles. The van der Waals surface area contributed by atoms with Crippen LogP contribution in [0.4, 0.5) is 0 Å². The fourth-order valence-corrected chi connectivity index (χ4v) is 3.53. The fourth-order valence-electron chi connectivity index (χ4n) is 2.40. The Hall–Kier alpha value is -1.92. The lowest BCUT2D eigenvalue weighted by Crippen LogP contribution is -1.98. The molecule has 0 saturated heterocycles. The van der Waals surface area contributed by atoms with Gasteiger partial charge in [-0.25, -0.2) is 4.98 Å². The lowest BCUT2D eigenvalue weighted by Gasteiger charge is -2.11. The van der Waals surface area contributed by atoms with Gasteiger partial charge in [0, 0.05) is 16.3 Å². The van der Waals surface area contributed by atoms with Gasteiger partial charge in [-0.2, -0.15) is 0 Å². The van der Waals surface area contributed by atoms with Crippen LogP contribution in [0.1, 0.15) is 19.5 Å². The number of thiazole rings is 1. The van der Waals surface area contributed by atoms with Crippen LogP contribution in [0.5, 0.6) is 11.5 Å². The molecule has 25 heavy (non-hydrogen) atoms. The average molecular weight is 419 g/mol. The van der Waals surface area contributed by atoms with E-state index in [1.807, 2.05) is 55.6 Å². The number of hydrogen-bond donors (Lipinski definition) is 0. The summed E-state index contributed by atoms with van der Waals surface area (Å²) in [4.78, 5) is 9.35. The Bertz CT molecular complexity index is 851. The summed E-state index contributed by atoms with van der Waals surface area (Å²) < 4.78 is 11.3. The van der Waals surface area contributed by atoms with Crippen LogP contribution in [-0.2, 0) is 5.33 Å². The predicted molar refractivity (Wildman–Crippen MR) is 106 cm³/mol. The molecule has 0 aliphatic carbocycles. The molecule has 0 bridgehead atoms. The van der Waals surface area contributed by atoms with Gasteiger partial charge in [0.05, 0.1) is 24.6 Å². The van der Waals surface area contributed by atoms with Crippen LogP contribution in [-0.4, -0.2) is 23.2 Å². The number of benzene rings is 1. The van der Waals surface area contributed by atoms with Gasteiger partial charge in [0.1, 0.15) is 10.7 Å². The van der Waals surface area contributed by atoms with Crippen LogP contribution in [0.3, 0.4) is 0 Å². The third kappa shape index (κ3) is 4.19. The molecular formula is C19H19BrN2O2S. The molecule has 2 heterocycles. The van der Waals surface area contributed by atoms with Crippen molar-refractivity contribution in [2.75, 3.05) is 13.2 Å². The first-order chi connectivity index (χ1) is 12.2. The highest BCUT2D eigenvalue weighted by Crippen LogP contribution is 2.35. The molecule has 0 aliphatic heterocycles. The highest BCUT2D eigenvalue weighted by atomic mass is 79.9. The van der Waals surface area contributed by atoms with Crippen molar-refractivity contribution in [2.24, 2.45) is 0 Å². The van der Waals surface area contributed by atoms with Crippen molar-refractivity contribution in [3.05, 3.63) is 47.5 Å². The second kappa shape index (κ2) is 8.45. The number of hydrogen-bond acceptors (Lipinski definition) is 5. The molecule has 1 aromatic carbocycles. The lowest BCUT2D eigenvalue weighted by molar-refractivity contribution is 0.288. The van der Waals surface area contributed by atoms with Crippen molar-refractivity contribution in [1.82, 2.24) is 9.97 Å². The van der Waals surface area contributed by atoms with E-state index in [1.165, 1.54) is 0 Å². The predicted octanol–water partition coefficient (Wildman–Crippen LogP) is 5.56. The molecule has 0 atom stereocenters. The van der Waals surface area contributed by atoms with E-state index in [0.717, 1.165) is 44.5 Å². The molecule has 0 aliphatic rings. The number of halogens is 1. The summed E-state index contributed by atoms with van der Waals surface area (Å²) in [5.41, 5.74) is 3.77. The van der Waals surface area contributed by atoms with Gasteiger partial charge in [-0.05, 0) is 44.2 Å². The van der Waals surface area contributed by atoms with Crippen LogP contribution >= 0.6 is 27.3 Å². The highest BCUT2D eigenvalue weighted by Gasteiger charge is 2.12. The molecule has 3 aromatic rings. The Morgan fingerprint density at radius 2 is 1.76 bits per heavy atom. The standard InChI is InChI=1S/C19H19BrN2O2S/c1-3-23-17-9-8-13(10-18(17)24-4-2)19-22-16(12-25-19)15-7-5-6-14(11-20)21-15/h5-10,12H,3-4,11H2,1-2H3. The number of rotatable bonds is 7. The fraction of sp³-hybridized carbons (Fsp3) is 0.263. The molecule has 0 N–H and O–H groups in total. The number of ether oxygens (including phenoxy) is 2. The zero-order valence-corrected chi connectivity index (χ0v) is 16.6. The van der Waals surface area contributed by atoms with Gasteiger partial charge in [0.2, 0.25) is 0 Å². The smallest absolute Gasteiger partial charge is 0.161 e. The van der Waals surface area contributed by atoms with Crippen molar-refractivity contribution in [3.8, 4) is 33.5 Å². The SMILES string of the molecule is CCOc1ccc(-c2nc(-c3cccc(CBr)n3)cs2)cc1OCC. The minimum Gasteiger partial charge on any atom is -0.490 e. The lowest BCUT2D eigenvalue weighted by atomic mass is 10.2. The van der Waals surface area contributed by atoms with Crippen LogP contribution in [0.25, 0.3) is 22.0 Å². The minimum atomic E-state index is 0.593. The Labute approximate surface area is 160 Å². The van der Waals surface area contributed by atoms with Crippen LogP contribution < -0.4 is 9.47 Å². The van der Waals surface area contributed by atoms with Gasteiger partial charge >= 0.3 is 0 Å². The summed E-state index contributed by atoms with van der Waals surface area (Å²) in [6, 6.07) is 11.9. The maximum Gasteiger partial charge on any atom is 0.161 e. The number of aromatic nitrogens is 2. The maximum absolute atomic E-state index is 5.71. The number of pyridine rings is 1. The van der Waals surface area contributed by atoms with Gasteiger partial charge in [-0.15, -0.1) is 11.3 Å². The van der Waals surface area contributed by atoms with E-state index in [4.69, 9.17) is 14.5 Å². The summed E-state index contributed by atoms with van der Waals surface area (Å²) in [5, 5.41) is 3.70. The van der Waals surface area contributed by atoms with Gasteiger partial charge in [-0.1, -0.05) is 22.0 Å². The van der Waals surface area contributed by atoms with Crippen LogP contribution in [0.15, 0.2) is 41.8 Å². The van der Waals surface area contributed by atoms with Gasteiger partial charge in [0.15, 0.2) is 11.5 Å². The second-order valence-electron chi connectivity index (χ2n) is 5.21. The molecule has 0 fully saturated rings. The summed E-state index contributed by atoms with van der Waals surface area (Å²) in [6.07, 6.45) is 0. The molecule has 0 spiro atoms. The topological polar surface area (TPSA) is 44.2 Å². The monoisotopic (exact) mass is 418 g/mol. The van der Waals surface area contributed by atoms with E-state index in [1.54, 1.807) is 11.3 Å². The first kappa shape index (κ1) is 17.9. The average Bonchev–Trinajstić information content (AvgIpc) is 3.14. The van der Waals surface area contributed by atoms with Crippen molar-refractivity contribution in [2.45, 2.75) is 19.2 Å². The first-order valence-corrected chi connectivity index (χ1v) is 10.1. The van der Waals surface area contributed by atoms with E-state index < -0.39 is 0 Å². The molecule has 0 unspecified atom stereocenters. The van der Waals surface area contributed by atoms with E-state index in [-0.39, 0.29) is 0 Å². The van der Waals surface area contributed by atoms with Crippen molar-refractivity contribution in [1.29, 1.82) is 0 Å². The molecular weight excluding hydrogens is 400 g/mol. The third-order valence-electron chi connectivity index (χ3n) is 3.50. The molecule has 3 rings (SSSR count). The number of alkyl halides is 1. The zero-order valence-electron chi connectivity index (χ0n) is 14.2. The van der Waals surface area contributed by atoms with E-state index in [2.05, 4.69) is 20.9 Å². The van der Waals surface area contributed by atoms with Crippen LogP contribution in [0, 0.1) is 0 Å². The van der Waals surface area contributed by atoms with Crippen molar-refractivity contribution in [3.63, 3.8) is 0 Å². The van der Waals surface area contributed by atoms with E-state index >= 15 is 0 Å². The maximum atomic E-state index is 5.71. The Morgan fingerprint density at radius 3 is 2.52 bits per heavy atom. The quantitative estimate of drug-likeness (QED) is 0.470. The van der Waals surface area contributed by atoms with Gasteiger partial charge < -0.3 is 9.47 Å². The largest absolute Gasteiger partial charge is 0.490 e. The second-order valence-corrected chi connectivity index (χ2v) is 6.63. The summed E-state index contributed by atoms with van der Waals surface area (Å²) >= 11 is 5.04. The van der Waals surface area contributed by atoms with Crippen molar-refractivity contribution >= 4 is 27.3 Å². The highest BCUT2D eigenvalue weighted by molar-refractivity contribution is 9.08. The summed E-state index contributed by atoms with van der Waals surface area (Å²) in [5.74, 6) is 1.51. The van der Waals surface area contributed by atoms with E-state index in [9.17, 15) is 0 Å².